The van der Waals surface area contributed by atoms with E-state index < -0.39 is 0 Å². The number of aliphatic hydroxyl groups excluding tert-OH is 1. The van der Waals surface area contributed by atoms with Gasteiger partial charge >= 0.3 is 0 Å². The van der Waals surface area contributed by atoms with Crippen molar-refractivity contribution in [2.24, 2.45) is 23.5 Å². The van der Waals surface area contributed by atoms with Crippen LogP contribution in [0.15, 0.2) is 24.3 Å². The molecule has 18 heavy (non-hydrogen) atoms. The van der Waals surface area contributed by atoms with Gasteiger partial charge in [0.15, 0.2) is 0 Å². The molecule has 0 heterocycles. The second-order valence-electron chi connectivity index (χ2n) is 5.87. The molecule has 0 bridgehead atoms. The van der Waals surface area contributed by atoms with E-state index in [9.17, 15) is 5.11 Å². The van der Waals surface area contributed by atoms with Crippen molar-refractivity contribution in [1.29, 1.82) is 0 Å². The molecule has 3 N–H and O–H groups in total. The lowest BCUT2D eigenvalue weighted by Crippen LogP contribution is -2.32. The molecule has 2 nitrogen and oxygen atoms in total. The van der Waals surface area contributed by atoms with E-state index in [-0.39, 0.29) is 12.0 Å². The summed E-state index contributed by atoms with van der Waals surface area (Å²) in [6.45, 7) is 0.495. The van der Waals surface area contributed by atoms with E-state index in [1.807, 2.05) is 24.3 Å². The second-order valence-corrected chi connectivity index (χ2v) is 6.31. The van der Waals surface area contributed by atoms with Crippen molar-refractivity contribution in [2.75, 3.05) is 6.54 Å². The molecule has 1 aromatic carbocycles. The molecule has 2 fully saturated rings. The van der Waals surface area contributed by atoms with Crippen molar-refractivity contribution in [3.63, 3.8) is 0 Å². The van der Waals surface area contributed by atoms with Crippen molar-refractivity contribution >= 4 is 11.6 Å². The molecule has 4 atom stereocenters. The van der Waals surface area contributed by atoms with Crippen LogP contribution in [0.4, 0.5) is 0 Å². The molecule has 98 valence electrons. The van der Waals surface area contributed by atoms with Crippen molar-refractivity contribution in [3.05, 3.63) is 34.9 Å². The molecule has 1 aromatic rings. The Morgan fingerprint density at radius 3 is 2.33 bits per heavy atom. The molecule has 3 rings (SSSR count). The third-order valence-corrected chi connectivity index (χ3v) is 4.98. The number of fused-ring (bicyclic) bond motifs is 1. The van der Waals surface area contributed by atoms with Crippen LogP contribution in [-0.4, -0.2) is 17.8 Å². The van der Waals surface area contributed by atoms with Crippen LogP contribution in [0.3, 0.4) is 0 Å². The highest BCUT2D eigenvalue weighted by atomic mass is 35.5. The molecule has 2 saturated carbocycles. The van der Waals surface area contributed by atoms with Gasteiger partial charge in [-0.2, -0.15) is 0 Å². The van der Waals surface area contributed by atoms with Crippen LogP contribution in [0, 0.1) is 17.8 Å². The van der Waals surface area contributed by atoms with Crippen LogP contribution in [0.2, 0.25) is 5.02 Å². The summed E-state index contributed by atoms with van der Waals surface area (Å²) in [6, 6.07) is 7.72. The summed E-state index contributed by atoms with van der Waals surface area (Å²) < 4.78 is 0. The molecule has 0 aromatic heterocycles. The lowest BCUT2D eigenvalue weighted by Gasteiger charge is -2.28. The van der Waals surface area contributed by atoms with Crippen molar-refractivity contribution < 1.29 is 5.11 Å². The van der Waals surface area contributed by atoms with Crippen LogP contribution in [-0.2, 0) is 0 Å². The van der Waals surface area contributed by atoms with Gasteiger partial charge in [0.2, 0.25) is 0 Å². The first-order valence-electron chi connectivity index (χ1n) is 6.82. The SMILES string of the molecule is NCC(c1ccc(Cl)cc1)C(O)C1CC2CC2C1. The van der Waals surface area contributed by atoms with Gasteiger partial charge in [0.05, 0.1) is 6.10 Å². The third kappa shape index (κ3) is 2.29. The first-order chi connectivity index (χ1) is 8.69. The topological polar surface area (TPSA) is 46.2 Å². The van der Waals surface area contributed by atoms with Crippen molar-refractivity contribution in [3.8, 4) is 0 Å². The Hall–Kier alpha value is -0.570. The van der Waals surface area contributed by atoms with Gasteiger partial charge in [-0.25, -0.2) is 0 Å². The quantitative estimate of drug-likeness (QED) is 0.879. The zero-order chi connectivity index (χ0) is 12.7. The summed E-state index contributed by atoms with van der Waals surface area (Å²) in [4.78, 5) is 0. The predicted molar refractivity (Wildman–Crippen MR) is 73.6 cm³/mol. The molecular formula is C15H20ClNO. The van der Waals surface area contributed by atoms with Gasteiger partial charge in [0, 0.05) is 17.5 Å². The van der Waals surface area contributed by atoms with Crippen molar-refractivity contribution in [2.45, 2.75) is 31.3 Å². The molecule has 3 heteroatoms. The number of halogens is 1. The van der Waals surface area contributed by atoms with Crippen LogP contribution < -0.4 is 5.73 Å². The molecule has 2 aliphatic rings. The first kappa shape index (κ1) is 12.5. The fourth-order valence-electron chi connectivity index (χ4n) is 3.55. The van der Waals surface area contributed by atoms with Gasteiger partial charge in [-0.15, -0.1) is 0 Å². The number of hydrogen-bond acceptors (Lipinski definition) is 2. The summed E-state index contributed by atoms with van der Waals surface area (Å²) in [5, 5.41) is 11.3. The molecule has 0 saturated heterocycles. The Bertz CT molecular complexity index is 409. The lowest BCUT2D eigenvalue weighted by atomic mass is 9.83. The largest absolute Gasteiger partial charge is 0.392 e. The van der Waals surface area contributed by atoms with Crippen LogP contribution in [0.25, 0.3) is 0 Å². The fraction of sp³-hybridized carbons (Fsp3) is 0.600. The lowest BCUT2D eigenvalue weighted by molar-refractivity contribution is 0.0790. The highest BCUT2D eigenvalue weighted by molar-refractivity contribution is 6.30. The minimum absolute atomic E-state index is 0.0461. The van der Waals surface area contributed by atoms with Crippen molar-refractivity contribution in [1.82, 2.24) is 0 Å². The first-order valence-corrected chi connectivity index (χ1v) is 7.20. The maximum atomic E-state index is 10.6. The highest BCUT2D eigenvalue weighted by Gasteiger charge is 2.48. The molecule has 0 radical (unpaired) electrons. The van der Waals surface area contributed by atoms with Crippen LogP contribution >= 0.6 is 11.6 Å². The van der Waals surface area contributed by atoms with E-state index >= 15 is 0 Å². The summed E-state index contributed by atoms with van der Waals surface area (Å²) in [5.41, 5.74) is 6.97. The second kappa shape index (κ2) is 4.84. The standard InChI is InChI=1S/C15H20ClNO/c16-13-3-1-9(2-4-13)14(8-17)15(18)12-6-10-5-11(10)7-12/h1-4,10-12,14-15,18H,5-8,17H2. The number of aliphatic hydroxyl groups is 1. The Balaban J connectivity index is 1.72. The van der Waals surface area contributed by atoms with E-state index in [1.165, 1.54) is 19.3 Å². The third-order valence-electron chi connectivity index (χ3n) is 4.73. The van der Waals surface area contributed by atoms with E-state index in [0.29, 0.717) is 12.5 Å². The predicted octanol–water partition coefficient (Wildman–Crippen LogP) is 2.79. The van der Waals surface area contributed by atoms with E-state index in [2.05, 4.69) is 0 Å². The number of nitrogens with two attached hydrogens (primary N) is 1. The minimum Gasteiger partial charge on any atom is -0.392 e. The number of rotatable bonds is 4. The summed E-state index contributed by atoms with van der Waals surface area (Å²) >= 11 is 5.90. The van der Waals surface area contributed by atoms with Gasteiger partial charge in [0.1, 0.15) is 0 Å². The average molecular weight is 266 g/mol. The molecule has 0 spiro atoms. The fourth-order valence-corrected chi connectivity index (χ4v) is 3.68. The average Bonchev–Trinajstić information content (AvgIpc) is 2.99. The Morgan fingerprint density at radius 2 is 1.78 bits per heavy atom. The van der Waals surface area contributed by atoms with Gasteiger partial charge in [-0.3, -0.25) is 0 Å². The normalized spacial score (nSPS) is 32.9. The Morgan fingerprint density at radius 1 is 1.17 bits per heavy atom. The smallest absolute Gasteiger partial charge is 0.0649 e. The minimum atomic E-state index is -0.302. The number of benzene rings is 1. The maximum Gasteiger partial charge on any atom is 0.0649 e. The van der Waals surface area contributed by atoms with Crippen LogP contribution in [0.5, 0.6) is 0 Å². The monoisotopic (exact) mass is 265 g/mol. The molecule has 0 aliphatic heterocycles. The van der Waals surface area contributed by atoms with Gasteiger partial charge in [-0.05, 0) is 54.7 Å². The van der Waals surface area contributed by atoms with Gasteiger partial charge in [0.25, 0.3) is 0 Å². The van der Waals surface area contributed by atoms with Gasteiger partial charge < -0.3 is 10.8 Å². The Kier molecular flexibility index (Phi) is 3.35. The summed E-state index contributed by atoms with van der Waals surface area (Å²) in [7, 11) is 0. The highest BCUT2D eigenvalue weighted by Crippen LogP contribution is 2.56. The van der Waals surface area contributed by atoms with Gasteiger partial charge in [-0.1, -0.05) is 23.7 Å². The van der Waals surface area contributed by atoms with E-state index in [1.54, 1.807) is 0 Å². The molecular weight excluding hydrogens is 246 g/mol. The molecule has 0 amide bonds. The molecule has 2 aliphatic carbocycles. The molecule has 4 unspecified atom stereocenters. The zero-order valence-corrected chi connectivity index (χ0v) is 11.2. The maximum absolute atomic E-state index is 10.6. The summed E-state index contributed by atoms with van der Waals surface area (Å²) in [5.74, 6) is 2.28. The summed E-state index contributed by atoms with van der Waals surface area (Å²) in [6.07, 6.45) is 3.47. The van der Waals surface area contributed by atoms with E-state index in [4.69, 9.17) is 17.3 Å². The zero-order valence-electron chi connectivity index (χ0n) is 10.4. The number of hydrogen-bond donors (Lipinski definition) is 2. The van der Waals surface area contributed by atoms with Crippen LogP contribution in [0.1, 0.15) is 30.7 Å². The van der Waals surface area contributed by atoms with E-state index in [0.717, 1.165) is 22.4 Å². The Labute approximate surface area is 113 Å².